The van der Waals surface area contributed by atoms with E-state index in [0.29, 0.717) is 24.7 Å². The van der Waals surface area contributed by atoms with Gasteiger partial charge in [-0.15, -0.1) is 0 Å². The van der Waals surface area contributed by atoms with Crippen molar-refractivity contribution in [3.8, 4) is 5.88 Å². The van der Waals surface area contributed by atoms with E-state index in [2.05, 4.69) is 15.3 Å². The van der Waals surface area contributed by atoms with E-state index in [-0.39, 0.29) is 5.92 Å². The lowest BCUT2D eigenvalue weighted by atomic mass is 10.0. The Morgan fingerprint density at radius 1 is 1.50 bits per heavy atom. The third-order valence-corrected chi connectivity index (χ3v) is 2.23. The second-order valence-corrected chi connectivity index (χ2v) is 4.34. The molecule has 0 bridgehead atoms. The van der Waals surface area contributed by atoms with Gasteiger partial charge in [-0.05, 0) is 19.3 Å². The van der Waals surface area contributed by atoms with Crippen LogP contribution in [0.15, 0.2) is 12.4 Å². The van der Waals surface area contributed by atoms with Crippen molar-refractivity contribution in [2.45, 2.75) is 33.2 Å². The van der Waals surface area contributed by atoms with Crippen LogP contribution in [0.1, 0.15) is 27.2 Å². The van der Waals surface area contributed by atoms with E-state index in [1.165, 1.54) is 12.4 Å². The molecule has 1 unspecified atom stereocenters. The van der Waals surface area contributed by atoms with Crippen LogP contribution in [0.25, 0.3) is 0 Å². The molecule has 0 aliphatic heterocycles. The number of carbonyl (C=O) groups is 1. The highest BCUT2D eigenvalue weighted by molar-refractivity contribution is 5.76. The van der Waals surface area contributed by atoms with Gasteiger partial charge in [-0.25, -0.2) is 4.79 Å². The summed E-state index contributed by atoms with van der Waals surface area (Å²) in [6.45, 7) is 6.28. The summed E-state index contributed by atoms with van der Waals surface area (Å²) in [5, 5.41) is 12.0. The lowest BCUT2D eigenvalue weighted by Gasteiger charge is -2.16. The van der Waals surface area contributed by atoms with Crippen LogP contribution in [0.3, 0.4) is 0 Å². The third kappa shape index (κ3) is 4.57. The second-order valence-electron chi connectivity index (χ2n) is 4.34. The van der Waals surface area contributed by atoms with Gasteiger partial charge in [0.25, 0.3) is 0 Å². The van der Waals surface area contributed by atoms with E-state index in [4.69, 9.17) is 9.84 Å². The van der Waals surface area contributed by atoms with Crippen LogP contribution in [-0.4, -0.2) is 33.7 Å². The minimum absolute atomic E-state index is 0.279. The highest BCUT2D eigenvalue weighted by Crippen LogP contribution is 2.13. The maximum atomic E-state index is 11.1. The molecule has 100 valence electrons. The van der Waals surface area contributed by atoms with E-state index >= 15 is 0 Å². The Kier molecular flexibility index (Phi) is 5.35. The highest BCUT2D eigenvalue weighted by Gasteiger charge is 2.19. The smallest absolute Gasteiger partial charge is 0.326 e. The zero-order chi connectivity index (χ0) is 13.5. The number of nitrogens with zero attached hydrogens (tertiary/aromatic N) is 2. The quantitative estimate of drug-likeness (QED) is 0.770. The molecular formula is C12H19N3O3. The first-order valence-corrected chi connectivity index (χ1v) is 5.97. The maximum Gasteiger partial charge on any atom is 0.326 e. The van der Waals surface area contributed by atoms with Gasteiger partial charge in [-0.2, -0.15) is 4.98 Å². The Bertz CT molecular complexity index is 396. The van der Waals surface area contributed by atoms with Crippen molar-refractivity contribution in [1.29, 1.82) is 0 Å². The fraction of sp³-hybridized carbons (Fsp3) is 0.583. The number of anilines is 1. The van der Waals surface area contributed by atoms with Gasteiger partial charge in [0.05, 0.1) is 19.0 Å². The number of carboxylic acids is 1. The van der Waals surface area contributed by atoms with Crippen molar-refractivity contribution in [3.63, 3.8) is 0 Å². The van der Waals surface area contributed by atoms with Crippen molar-refractivity contribution in [3.05, 3.63) is 12.4 Å². The van der Waals surface area contributed by atoms with Gasteiger partial charge in [0.15, 0.2) is 0 Å². The summed E-state index contributed by atoms with van der Waals surface area (Å²) in [5.74, 6) is 0.180. The standard InChI is InChI=1S/C12H19N3O3/c1-4-18-11-7-13-6-10(15-11)14-9(12(16)17)5-8(2)3/h6-9H,4-5H2,1-3H3,(H,14,15)(H,16,17). The van der Waals surface area contributed by atoms with Crippen LogP contribution in [0, 0.1) is 5.92 Å². The molecule has 2 N–H and O–H groups in total. The summed E-state index contributed by atoms with van der Waals surface area (Å²) in [6.07, 6.45) is 3.50. The molecule has 1 aromatic heterocycles. The molecule has 6 nitrogen and oxygen atoms in total. The van der Waals surface area contributed by atoms with Crippen LogP contribution < -0.4 is 10.1 Å². The first kappa shape index (κ1) is 14.2. The number of rotatable bonds is 7. The number of aromatic nitrogens is 2. The fourth-order valence-electron chi connectivity index (χ4n) is 1.51. The second kappa shape index (κ2) is 6.78. The lowest BCUT2D eigenvalue weighted by Crippen LogP contribution is -2.31. The molecule has 0 aromatic carbocycles. The summed E-state index contributed by atoms with van der Waals surface area (Å²) in [7, 11) is 0. The van der Waals surface area contributed by atoms with Gasteiger partial charge in [-0.1, -0.05) is 13.8 Å². The molecule has 0 fully saturated rings. The van der Waals surface area contributed by atoms with E-state index in [1.54, 1.807) is 0 Å². The Morgan fingerprint density at radius 2 is 2.22 bits per heavy atom. The molecule has 6 heteroatoms. The molecule has 0 saturated carbocycles. The van der Waals surface area contributed by atoms with E-state index in [1.807, 2.05) is 20.8 Å². The Hall–Kier alpha value is -1.85. The number of carboxylic acid groups (broad SMARTS) is 1. The molecule has 0 aliphatic carbocycles. The molecule has 1 rings (SSSR count). The molecule has 0 radical (unpaired) electrons. The molecule has 1 heterocycles. The minimum atomic E-state index is -0.896. The fourth-order valence-corrected chi connectivity index (χ4v) is 1.51. The molecule has 0 spiro atoms. The summed E-state index contributed by atoms with van der Waals surface area (Å²) in [4.78, 5) is 19.2. The molecule has 0 amide bonds. The first-order chi connectivity index (χ1) is 8.52. The molecule has 1 atom stereocenters. The average molecular weight is 253 g/mol. The summed E-state index contributed by atoms with van der Waals surface area (Å²) in [6, 6.07) is -0.670. The summed E-state index contributed by atoms with van der Waals surface area (Å²) >= 11 is 0. The number of nitrogens with one attached hydrogen (secondary N) is 1. The predicted molar refractivity (Wildman–Crippen MR) is 67.7 cm³/mol. The topological polar surface area (TPSA) is 84.3 Å². The first-order valence-electron chi connectivity index (χ1n) is 5.97. The van der Waals surface area contributed by atoms with Crippen LogP contribution >= 0.6 is 0 Å². The van der Waals surface area contributed by atoms with Crippen LogP contribution in [0.5, 0.6) is 5.88 Å². The summed E-state index contributed by atoms with van der Waals surface area (Å²) < 4.78 is 5.21. The predicted octanol–water partition coefficient (Wildman–Crippen LogP) is 1.79. The monoisotopic (exact) mass is 253 g/mol. The van der Waals surface area contributed by atoms with Crippen molar-refractivity contribution in [1.82, 2.24) is 9.97 Å². The molecular weight excluding hydrogens is 234 g/mol. The molecule has 0 aliphatic rings. The summed E-state index contributed by atoms with van der Waals surface area (Å²) in [5.41, 5.74) is 0. The SMILES string of the molecule is CCOc1cncc(NC(CC(C)C)C(=O)O)n1. The Morgan fingerprint density at radius 3 is 2.78 bits per heavy atom. The molecule has 0 saturated heterocycles. The average Bonchev–Trinajstić information content (AvgIpc) is 2.28. The largest absolute Gasteiger partial charge is 0.480 e. The van der Waals surface area contributed by atoms with E-state index in [9.17, 15) is 4.79 Å². The number of ether oxygens (including phenoxy) is 1. The van der Waals surface area contributed by atoms with Crippen LogP contribution in [0.4, 0.5) is 5.82 Å². The number of hydrogen-bond acceptors (Lipinski definition) is 5. The van der Waals surface area contributed by atoms with Crippen LogP contribution in [-0.2, 0) is 4.79 Å². The maximum absolute atomic E-state index is 11.1. The third-order valence-electron chi connectivity index (χ3n) is 2.23. The Labute approximate surface area is 106 Å². The minimum Gasteiger partial charge on any atom is -0.480 e. The molecule has 18 heavy (non-hydrogen) atoms. The van der Waals surface area contributed by atoms with Crippen molar-refractivity contribution in [2.24, 2.45) is 5.92 Å². The van der Waals surface area contributed by atoms with Crippen LogP contribution in [0.2, 0.25) is 0 Å². The Balaban J connectivity index is 2.73. The van der Waals surface area contributed by atoms with Gasteiger partial charge in [0.1, 0.15) is 11.9 Å². The van der Waals surface area contributed by atoms with Crippen molar-refractivity contribution >= 4 is 11.8 Å². The zero-order valence-electron chi connectivity index (χ0n) is 10.9. The number of aliphatic carboxylic acids is 1. The van der Waals surface area contributed by atoms with Gasteiger partial charge in [-0.3, -0.25) is 4.98 Å². The van der Waals surface area contributed by atoms with Gasteiger partial charge in [0.2, 0.25) is 5.88 Å². The van der Waals surface area contributed by atoms with Crippen molar-refractivity contribution < 1.29 is 14.6 Å². The normalized spacial score (nSPS) is 12.2. The van der Waals surface area contributed by atoms with Crippen molar-refractivity contribution in [2.75, 3.05) is 11.9 Å². The van der Waals surface area contributed by atoms with E-state index in [0.717, 1.165) is 0 Å². The van der Waals surface area contributed by atoms with Gasteiger partial charge < -0.3 is 15.2 Å². The van der Waals surface area contributed by atoms with Gasteiger partial charge in [0, 0.05) is 0 Å². The molecule has 1 aromatic rings. The zero-order valence-corrected chi connectivity index (χ0v) is 10.9. The lowest BCUT2D eigenvalue weighted by molar-refractivity contribution is -0.138. The van der Waals surface area contributed by atoms with E-state index < -0.39 is 12.0 Å². The number of hydrogen-bond donors (Lipinski definition) is 2. The van der Waals surface area contributed by atoms with Gasteiger partial charge >= 0.3 is 5.97 Å². The highest BCUT2D eigenvalue weighted by atomic mass is 16.5.